The molecule has 4 heteroatoms. The number of hydrogen-bond acceptors (Lipinski definition) is 2. The Kier molecular flexibility index (Phi) is 6.40. The molecule has 1 amide bonds. The minimum atomic E-state index is -0.883. The summed E-state index contributed by atoms with van der Waals surface area (Å²) in [4.78, 5) is 25.3. The van der Waals surface area contributed by atoms with E-state index in [1.165, 1.54) is 0 Å². The van der Waals surface area contributed by atoms with E-state index in [-0.39, 0.29) is 18.4 Å². The van der Waals surface area contributed by atoms with E-state index in [0.29, 0.717) is 6.42 Å². The highest BCUT2D eigenvalue weighted by Gasteiger charge is 2.23. The van der Waals surface area contributed by atoms with Crippen LogP contribution in [0.5, 0.6) is 0 Å². The van der Waals surface area contributed by atoms with Crippen LogP contribution >= 0.6 is 0 Å². The number of amides is 1. The molecule has 1 atom stereocenters. The van der Waals surface area contributed by atoms with Crippen LogP contribution in [0.1, 0.15) is 39.7 Å². The van der Waals surface area contributed by atoms with Crippen molar-refractivity contribution in [1.82, 2.24) is 0 Å². The molecule has 0 fully saturated rings. The van der Waals surface area contributed by atoms with Crippen molar-refractivity contribution in [2.24, 2.45) is 11.8 Å². The van der Waals surface area contributed by atoms with Crippen LogP contribution in [0.2, 0.25) is 0 Å². The van der Waals surface area contributed by atoms with Gasteiger partial charge in [0.2, 0.25) is 5.91 Å². The van der Waals surface area contributed by atoms with E-state index in [1.807, 2.05) is 45.0 Å². The molecule has 21 heavy (non-hydrogen) atoms. The van der Waals surface area contributed by atoms with E-state index in [1.54, 1.807) is 11.8 Å². The number of anilines is 1. The summed E-state index contributed by atoms with van der Waals surface area (Å²) in [6, 6.07) is 7.70. The highest BCUT2D eigenvalue weighted by molar-refractivity contribution is 5.94. The van der Waals surface area contributed by atoms with E-state index in [2.05, 4.69) is 0 Å². The molecule has 0 spiro atoms. The van der Waals surface area contributed by atoms with Crippen molar-refractivity contribution >= 4 is 17.6 Å². The second-order valence-electron chi connectivity index (χ2n) is 5.82. The van der Waals surface area contributed by atoms with Gasteiger partial charge in [-0.3, -0.25) is 9.59 Å². The van der Waals surface area contributed by atoms with Gasteiger partial charge in [-0.2, -0.15) is 0 Å². The van der Waals surface area contributed by atoms with Gasteiger partial charge in [-0.25, -0.2) is 0 Å². The smallest absolute Gasteiger partial charge is 0.308 e. The molecule has 0 aliphatic carbocycles. The molecule has 0 aliphatic rings. The molecule has 1 N–H and O–H groups in total. The van der Waals surface area contributed by atoms with Crippen molar-refractivity contribution in [3.8, 4) is 0 Å². The fraction of sp³-hybridized carbons (Fsp3) is 0.529. The average molecular weight is 291 g/mol. The highest BCUT2D eigenvalue weighted by atomic mass is 16.4. The second kappa shape index (κ2) is 7.81. The molecule has 1 aromatic carbocycles. The van der Waals surface area contributed by atoms with Crippen molar-refractivity contribution in [3.05, 3.63) is 29.8 Å². The normalized spacial score (nSPS) is 12.2. The fourth-order valence-corrected chi connectivity index (χ4v) is 2.22. The molecule has 0 heterocycles. The Balaban J connectivity index is 3.11. The van der Waals surface area contributed by atoms with Gasteiger partial charge in [-0.1, -0.05) is 45.9 Å². The maximum Gasteiger partial charge on any atom is 0.308 e. The van der Waals surface area contributed by atoms with Crippen LogP contribution in [0.3, 0.4) is 0 Å². The third kappa shape index (κ3) is 4.88. The van der Waals surface area contributed by atoms with Crippen LogP contribution in [0.25, 0.3) is 0 Å². The Bertz CT molecular complexity index is 497. The molecule has 0 aromatic heterocycles. The molecule has 0 bridgehead atoms. The zero-order valence-electron chi connectivity index (χ0n) is 13.3. The van der Waals surface area contributed by atoms with Crippen LogP contribution < -0.4 is 4.90 Å². The first kappa shape index (κ1) is 17.2. The summed E-state index contributed by atoms with van der Waals surface area (Å²) < 4.78 is 0. The number of aryl methyl sites for hydroxylation is 1. The van der Waals surface area contributed by atoms with Crippen molar-refractivity contribution in [2.45, 2.75) is 40.5 Å². The van der Waals surface area contributed by atoms with Gasteiger partial charge in [0.1, 0.15) is 0 Å². The number of para-hydroxylation sites is 1. The van der Waals surface area contributed by atoms with Gasteiger partial charge in [0.05, 0.1) is 5.92 Å². The first-order chi connectivity index (χ1) is 9.86. The quantitative estimate of drug-likeness (QED) is 0.838. The first-order valence-corrected chi connectivity index (χ1v) is 7.47. The minimum Gasteiger partial charge on any atom is -0.481 e. The van der Waals surface area contributed by atoms with E-state index in [9.17, 15) is 9.59 Å². The molecule has 1 unspecified atom stereocenters. The van der Waals surface area contributed by atoms with Crippen molar-refractivity contribution in [1.29, 1.82) is 0 Å². The number of carbonyl (C=O) groups is 2. The van der Waals surface area contributed by atoms with Crippen LogP contribution in [0.4, 0.5) is 5.69 Å². The van der Waals surface area contributed by atoms with Crippen LogP contribution in [-0.4, -0.2) is 23.5 Å². The van der Waals surface area contributed by atoms with Gasteiger partial charge >= 0.3 is 5.97 Å². The minimum absolute atomic E-state index is 0.0148. The summed E-state index contributed by atoms with van der Waals surface area (Å²) in [5.41, 5.74) is 1.89. The number of nitrogens with zero attached hydrogens (tertiary/aromatic N) is 1. The van der Waals surface area contributed by atoms with Gasteiger partial charge < -0.3 is 10.0 Å². The van der Waals surface area contributed by atoms with E-state index in [4.69, 9.17) is 5.11 Å². The number of carboxylic acids is 1. The molecule has 0 aliphatic heterocycles. The van der Waals surface area contributed by atoms with E-state index < -0.39 is 11.9 Å². The Hall–Kier alpha value is -1.84. The lowest BCUT2D eigenvalue weighted by Gasteiger charge is -2.27. The zero-order valence-corrected chi connectivity index (χ0v) is 13.3. The summed E-state index contributed by atoms with van der Waals surface area (Å²) in [6.07, 6.45) is 1.23. The molecule has 0 saturated heterocycles. The highest BCUT2D eigenvalue weighted by Crippen LogP contribution is 2.24. The Morgan fingerprint density at radius 1 is 1.19 bits per heavy atom. The maximum atomic E-state index is 12.5. The predicted octanol–water partition coefficient (Wildman–Crippen LogP) is 3.35. The Labute approximate surface area is 126 Å². The van der Waals surface area contributed by atoms with Crippen molar-refractivity contribution in [3.63, 3.8) is 0 Å². The maximum absolute atomic E-state index is 12.5. The van der Waals surface area contributed by atoms with Gasteiger partial charge in [0.25, 0.3) is 0 Å². The topological polar surface area (TPSA) is 57.6 Å². The fourth-order valence-electron chi connectivity index (χ4n) is 2.22. The number of carbonyl (C=O) groups excluding carboxylic acids is 1. The monoisotopic (exact) mass is 291 g/mol. The molecule has 0 radical (unpaired) electrons. The molecular weight excluding hydrogens is 266 g/mol. The largest absolute Gasteiger partial charge is 0.481 e. The predicted molar refractivity (Wildman–Crippen MR) is 84.4 cm³/mol. The number of carboxylic acid groups (broad SMARTS) is 1. The molecule has 4 nitrogen and oxygen atoms in total. The number of benzene rings is 1. The average Bonchev–Trinajstić information content (AvgIpc) is 2.43. The number of rotatable bonds is 7. The lowest BCUT2D eigenvalue weighted by Crippen LogP contribution is -2.38. The molecule has 1 rings (SSSR count). The molecule has 116 valence electrons. The van der Waals surface area contributed by atoms with Gasteiger partial charge in [0, 0.05) is 18.7 Å². The summed E-state index contributed by atoms with van der Waals surface area (Å²) in [6.45, 7) is 7.85. The van der Waals surface area contributed by atoms with Gasteiger partial charge in [0.15, 0.2) is 0 Å². The molecule has 1 aromatic rings. The van der Waals surface area contributed by atoms with E-state index >= 15 is 0 Å². The van der Waals surface area contributed by atoms with Crippen LogP contribution in [-0.2, 0) is 16.0 Å². The first-order valence-electron chi connectivity index (χ1n) is 7.47. The SMILES string of the molecule is CCc1ccccc1N(CC(C)C(=O)O)C(=O)CC(C)C. The lowest BCUT2D eigenvalue weighted by molar-refractivity contribution is -0.140. The van der Waals surface area contributed by atoms with Gasteiger partial charge in [-0.05, 0) is 24.0 Å². The number of aliphatic carboxylic acids is 1. The van der Waals surface area contributed by atoms with Crippen LogP contribution in [0, 0.1) is 11.8 Å². The zero-order chi connectivity index (χ0) is 16.0. The summed E-state index contributed by atoms with van der Waals surface area (Å²) >= 11 is 0. The lowest BCUT2D eigenvalue weighted by atomic mass is 10.0. The van der Waals surface area contributed by atoms with Crippen LogP contribution in [0.15, 0.2) is 24.3 Å². The molecule has 0 saturated carbocycles. The second-order valence-corrected chi connectivity index (χ2v) is 5.82. The Morgan fingerprint density at radius 2 is 1.81 bits per heavy atom. The summed E-state index contributed by atoms with van der Waals surface area (Å²) in [5.74, 6) is -1.25. The summed E-state index contributed by atoms with van der Waals surface area (Å²) in [5, 5.41) is 9.13. The van der Waals surface area contributed by atoms with Gasteiger partial charge in [-0.15, -0.1) is 0 Å². The summed E-state index contributed by atoms with van der Waals surface area (Å²) in [7, 11) is 0. The standard InChI is InChI=1S/C17H25NO3/c1-5-14-8-6-7-9-15(14)18(11-13(4)17(20)21)16(19)10-12(2)3/h6-9,12-13H,5,10-11H2,1-4H3,(H,20,21). The van der Waals surface area contributed by atoms with Crippen molar-refractivity contribution in [2.75, 3.05) is 11.4 Å². The third-order valence-corrected chi connectivity index (χ3v) is 3.43. The number of hydrogen-bond donors (Lipinski definition) is 1. The third-order valence-electron chi connectivity index (χ3n) is 3.43. The van der Waals surface area contributed by atoms with E-state index in [0.717, 1.165) is 17.7 Å². The Morgan fingerprint density at radius 3 is 2.33 bits per heavy atom. The molecular formula is C17H25NO3. The van der Waals surface area contributed by atoms with Crippen molar-refractivity contribution < 1.29 is 14.7 Å².